The summed E-state index contributed by atoms with van der Waals surface area (Å²) in [6, 6.07) is 8.22. The van der Waals surface area contributed by atoms with Crippen molar-refractivity contribution in [1.29, 1.82) is 0 Å². The maximum absolute atomic E-state index is 12.1. The van der Waals surface area contributed by atoms with E-state index in [2.05, 4.69) is 16.3 Å². The molecule has 0 radical (unpaired) electrons. The van der Waals surface area contributed by atoms with E-state index in [4.69, 9.17) is 5.73 Å². The number of amides is 1. The van der Waals surface area contributed by atoms with Gasteiger partial charge in [0.1, 0.15) is 0 Å². The molecule has 1 saturated carbocycles. The monoisotopic (exact) mass is 275 g/mol. The van der Waals surface area contributed by atoms with Crippen LogP contribution in [0.1, 0.15) is 31.2 Å². The zero-order chi connectivity index (χ0) is 14.5. The van der Waals surface area contributed by atoms with Crippen LogP contribution in [0.3, 0.4) is 0 Å². The summed E-state index contributed by atoms with van der Waals surface area (Å²) >= 11 is 0. The van der Waals surface area contributed by atoms with E-state index in [-0.39, 0.29) is 11.9 Å². The first-order chi connectivity index (χ1) is 9.54. The van der Waals surface area contributed by atoms with Gasteiger partial charge < -0.3 is 16.0 Å². The molecule has 2 rings (SSSR count). The van der Waals surface area contributed by atoms with Crippen molar-refractivity contribution in [1.82, 2.24) is 4.90 Å². The molecule has 110 valence electrons. The molecule has 0 aliphatic heterocycles. The van der Waals surface area contributed by atoms with E-state index >= 15 is 0 Å². The van der Waals surface area contributed by atoms with Gasteiger partial charge in [0.05, 0.1) is 0 Å². The van der Waals surface area contributed by atoms with Crippen molar-refractivity contribution in [2.24, 2.45) is 11.7 Å². The number of benzene rings is 1. The van der Waals surface area contributed by atoms with Crippen LogP contribution in [0.5, 0.6) is 0 Å². The number of nitrogens with two attached hydrogens (primary N) is 1. The third-order valence-corrected chi connectivity index (χ3v) is 3.87. The van der Waals surface area contributed by atoms with Crippen molar-refractivity contribution < 1.29 is 4.79 Å². The van der Waals surface area contributed by atoms with Crippen molar-refractivity contribution in [2.75, 3.05) is 19.4 Å². The fourth-order valence-corrected chi connectivity index (χ4v) is 2.88. The number of carbonyl (C=O) groups is 1. The Balaban J connectivity index is 1.90. The van der Waals surface area contributed by atoms with E-state index in [1.807, 2.05) is 32.3 Å². The van der Waals surface area contributed by atoms with E-state index in [0.29, 0.717) is 12.3 Å². The summed E-state index contributed by atoms with van der Waals surface area (Å²) in [5.74, 6) is 0.425. The minimum Gasteiger partial charge on any atom is -0.327 e. The zero-order valence-electron chi connectivity index (χ0n) is 12.4. The average Bonchev–Trinajstić information content (AvgIpc) is 2.74. The molecule has 1 aromatic carbocycles. The van der Waals surface area contributed by atoms with Gasteiger partial charge in [-0.2, -0.15) is 0 Å². The third-order valence-electron chi connectivity index (χ3n) is 3.87. The van der Waals surface area contributed by atoms with Crippen LogP contribution in [0.15, 0.2) is 24.3 Å². The number of nitrogens with one attached hydrogen (secondary N) is 1. The van der Waals surface area contributed by atoms with Crippen molar-refractivity contribution in [3.8, 4) is 0 Å². The number of hydrogen-bond acceptors (Lipinski definition) is 3. The Kier molecular flexibility index (Phi) is 5.15. The molecule has 0 spiro atoms. The minimum atomic E-state index is 0.0781. The van der Waals surface area contributed by atoms with Crippen LogP contribution in [0.2, 0.25) is 0 Å². The maximum Gasteiger partial charge on any atom is 0.224 e. The molecule has 1 aromatic rings. The van der Waals surface area contributed by atoms with Crippen molar-refractivity contribution in [2.45, 2.75) is 38.3 Å². The predicted molar refractivity (Wildman–Crippen MR) is 82.4 cm³/mol. The van der Waals surface area contributed by atoms with Gasteiger partial charge in [-0.3, -0.25) is 4.79 Å². The smallest absolute Gasteiger partial charge is 0.224 e. The Morgan fingerprint density at radius 3 is 2.85 bits per heavy atom. The van der Waals surface area contributed by atoms with Crippen LogP contribution in [0, 0.1) is 5.92 Å². The lowest BCUT2D eigenvalue weighted by Gasteiger charge is -2.15. The first-order valence-electron chi connectivity index (χ1n) is 7.33. The molecule has 2 atom stereocenters. The standard InChI is InChI=1S/C16H25N3O/c1-19(2)11-12-5-3-7-14(9-12)18-16(20)10-13-6-4-8-15(13)17/h3,5,7,9,13,15H,4,6,8,10-11,17H2,1-2H3,(H,18,20)/t13-,15+/m0/s1. The summed E-state index contributed by atoms with van der Waals surface area (Å²) in [4.78, 5) is 14.2. The average molecular weight is 275 g/mol. The van der Waals surface area contributed by atoms with Gasteiger partial charge in [-0.1, -0.05) is 18.6 Å². The molecule has 1 amide bonds. The molecule has 0 bridgehead atoms. The molecule has 1 aliphatic rings. The van der Waals surface area contributed by atoms with E-state index in [1.165, 1.54) is 5.56 Å². The Labute approximate surface area is 121 Å². The Hall–Kier alpha value is -1.39. The maximum atomic E-state index is 12.1. The van der Waals surface area contributed by atoms with Crippen molar-refractivity contribution >= 4 is 11.6 Å². The molecule has 3 N–H and O–H groups in total. The van der Waals surface area contributed by atoms with Gasteiger partial charge in [0.25, 0.3) is 0 Å². The molecule has 20 heavy (non-hydrogen) atoms. The predicted octanol–water partition coefficient (Wildman–Crippen LogP) is 2.20. The molecule has 0 aromatic heterocycles. The Morgan fingerprint density at radius 2 is 2.20 bits per heavy atom. The molecule has 0 saturated heterocycles. The number of anilines is 1. The van der Waals surface area contributed by atoms with E-state index in [9.17, 15) is 4.79 Å². The lowest BCUT2D eigenvalue weighted by Crippen LogP contribution is -2.28. The molecule has 0 unspecified atom stereocenters. The Morgan fingerprint density at radius 1 is 1.40 bits per heavy atom. The first kappa shape index (κ1) is 15.0. The second kappa shape index (κ2) is 6.86. The summed E-state index contributed by atoms with van der Waals surface area (Å²) in [5, 5.41) is 2.99. The fourth-order valence-electron chi connectivity index (χ4n) is 2.88. The molecule has 4 nitrogen and oxygen atoms in total. The third kappa shape index (κ3) is 4.32. The molecule has 1 fully saturated rings. The lowest BCUT2D eigenvalue weighted by molar-refractivity contribution is -0.117. The second-order valence-electron chi connectivity index (χ2n) is 6.05. The topological polar surface area (TPSA) is 58.4 Å². The van der Waals surface area contributed by atoms with E-state index in [1.54, 1.807) is 0 Å². The zero-order valence-corrected chi connectivity index (χ0v) is 12.4. The normalized spacial score (nSPS) is 22.2. The van der Waals surface area contributed by atoms with Crippen molar-refractivity contribution in [3.63, 3.8) is 0 Å². The first-order valence-corrected chi connectivity index (χ1v) is 7.33. The summed E-state index contributed by atoms with van der Waals surface area (Å²) in [5.41, 5.74) is 8.09. The molecule has 0 heterocycles. The van der Waals surface area contributed by atoms with Gasteiger partial charge in [0.2, 0.25) is 5.91 Å². The largest absolute Gasteiger partial charge is 0.327 e. The van der Waals surface area contributed by atoms with Gasteiger partial charge in [0, 0.05) is 24.7 Å². The molecule has 1 aliphatic carbocycles. The highest BCUT2D eigenvalue weighted by Gasteiger charge is 2.25. The lowest BCUT2D eigenvalue weighted by atomic mass is 10.00. The van der Waals surface area contributed by atoms with Crippen LogP contribution in [-0.4, -0.2) is 30.9 Å². The van der Waals surface area contributed by atoms with Gasteiger partial charge in [-0.05, 0) is 50.6 Å². The van der Waals surface area contributed by atoms with Crippen LogP contribution < -0.4 is 11.1 Å². The number of carbonyl (C=O) groups excluding carboxylic acids is 1. The fraction of sp³-hybridized carbons (Fsp3) is 0.562. The van der Waals surface area contributed by atoms with Gasteiger partial charge >= 0.3 is 0 Å². The van der Waals surface area contributed by atoms with Gasteiger partial charge in [0.15, 0.2) is 0 Å². The van der Waals surface area contributed by atoms with Crippen molar-refractivity contribution in [3.05, 3.63) is 29.8 Å². The molecular formula is C16H25N3O. The van der Waals surface area contributed by atoms with Crippen LogP contribution in [0.25, 0.3) is 0 Å². The number of nitrogens with zero attached hydrogens (tertiary/aromatic N) is 1. The summed E-state index contributed by atoms with van der Waals surface area (Å²) in [6.45, 7) is 0.872. The molecule has 4 heteroatoms. The van der Waals surface area contributed by atoms with Crippen LogP contribution in [-0.2, 0) is 11.3 Å². The highest BCUT2D eigenvalue weighted by molar-refractivity contribution is 5.91. The molecular weight excluding hydrogens is 250 g/mol. The highest BCUT2D eigenvalue weighted by Crippen LogP contribution is 2.27. The van der Waals surface area contributed by atoms with Crippen LogP contribution >= 0.6 is 0 Å². The SMILES string of the molecule is CN(C)Cc1cccc(NC(=O)C[C@@H]2CCC[C@H]2N)c1. The second-order valence-corrected chi connectivity index (χ2v) is 6.05. The number of rotatable bonds is 5. The minimum absolute atomic E-state index is 0.0781. The van der Waals surface area contributed by atoms with Crippen LogP contribution in [0.4, 0.5) is 5.69 Å². The van der Waals surface area contributed by atoms with E-state index in [0.717, 1.165) is 31.5 Å². The Bertz CT molecular complexity index is 459. The quantitative estimate of drug-likeness (QED) is 0.866. The summed E-state index contributed by atoms with van der Waals surface area (Å²) in [6.07, 6.45) is 3.82. The van der Waals surface area contributed by atoms with Gasteiger partial charge in [-0.15, -0.1) is 0 Å². The van der Waals surface area contributed by atoms with Gasteiger partial charge in [-0.25, -0.2) is 0 Å². The summed E-state index contributed by atoms with van der Waals surface area (Å²) in [7, 11) is 4.07. The number of hydrogen-bond donors (Lipinski definition) is 2. The summed E-state index contributed by atoms with van der Waals surface area (Å²) < 4.78 is 0. The highest BCUT2D eigenvalue weighted by atomic mass is 16.1. The van der Waals surface area contributed by atoms with E-state index < -0.39 is 0 Å².